The average Bonchev–Trinajstić information content (AvgIpc) is 2.97. The van der Waals surface area contributed by atoms with Crippen LogP contribution in [0.1, 0.15) is 29.5 Å². The molecule has 1 aliphatic rings. The molecule has 2 aromatic rings. The zero-order valence-corrected chi connectivity index (χ0v) is 10.9. The summed E-state index contributed by atoms with van der Waals surface area (Å²) in [5, 5.41) is 16.6. The molecule has 6 heteroatoms. The van der Waals surface area contributed by atoms with Gasteiger partial charge in [0.1, 0.15) is 5.69 Å². The maximum Gasteiger partial charge on any atom is 0.244 e. The third-order valence-corrected chi connectivity index (χ3v) is 3.27. The SMILES string of the molecule is Cc1cnc(-c2noc([C@H]3C[C@H](O)CN3)n2)c(C)c1. The van der Waals surface area contributed by atoms with Crippen molar-refractivity contribution in [1.29, 1.82) is 0 Å². The van der Waals surface area contributed by atoms with Crippen LogP contribution < -0.4 is 5.32 Å². The summed E-state index contributed by atoms with van der Waals surface area (Å²) >= 11 is 0. The lowest BCUT2D eigenvalue weighted by Gasteiger charge is -2.02. The van der Waals surface area contributed by atoms with E-state index >= 15 is 0 Å². The summed E-state index contributed by atoms with van der Waals surface area (Å²) in [6, 6.07) is 1.97. The highest BCUT2D eigenvalue weighted by molar-refractivity contribution is 5.54. The molecule has 3 heterocycles. The van der Waals surface area contributed by atoms with Crippen molar-refractivity contribution < 1.29 is 9.63 Å². The Kier molecular flexibility index (Phi) is 3.04. The number of aryl methyl sites for hydroxylation is 2. The van der Waals surface area contributed by atoms with Crippen LogP contribution in [0.3, 0.4) is 0 Å². The molecule has 2 aromatic heterocycles. The van der Waals surface area contributed by atoms with Gasteiger partial charge in [-0.15, -0.1) is 0 Å². The summed E-state index contributed by atoms with van der Waals surface area (Å²) in [7, 11) is 0. The van der Waals surface area contributed by atoms with Crippen molar-refractivity contribution in [1.82, 2.24) is 20.4 Å². The van der Waals surface area contributed by atoms with E-state index < -0.39 is 0 Å². The average molecular weight is 260 g/mol. The summed E-state index contributed by atoms with van der Waals surface area (Å²) in [5.41, 5.74) is 2.86. The largest absolute Gasteiger partial charge is 0.392 e. The van der Waals surface area contributed by atoms with Crippen LogP contribution in [-0.2, 0) is 0 Å². The highest BCUT2D eigenvalue weighted by Crippen LogP contribution is 2.25. The summed E-state index contributed by atoms with van der Waals surface area (Å²) in [6.45, 7) is 4.53. The van der Waals surface area contributed by atoms with Gasteiger partial charge in [-0.1, -0.05) is 11.2 Å². The fourth-order valence-electron chi connectivity index (χ4n) is 2.33. The number of aliphatic hydroxyl groups is 1. The van der Waals surface area contributed by atoms with Crippen LogP contribution in [0.15, 0.2) is 16.8 Å². The van der Waals surface area contributed by atoms with Crippen LogP contribution in [0.25, 0.3) is 11.5 Å². The summed E-state index contributed by atoms with van der Waals surface area (Å²) < 4.78 is 5.26. The molecule has 0 spiro atoms. The van der Waals surface area contributed by atoms with E-state index in [1.807, 2.05) is 19.9 Å². The number of β-amino-alcohol motifs (C(OH)–C–C–N with tert-alkyl or cyclic N) is 1. The van der Waals surface area contributed by atoms with E-state index in [0.717, 1.165) is 16.8 Å². The molecule has 0 bridgehead atoms. The molecular formula is C13H16N4O2. The smallest absolute Gasteiger partial charge is 0.244 e. The molecule has 3 rings (SSSR count). The maximum absolute atomic E-state index is 9.49. The topological polar surface area (TPSA) is 84.1 Å². The van der Waals surface area contributed by atoms with Gasteiger partial charge in [0.15, 0.2) is 0 Å². The number of hydrogen-bond donors (Lipinski definition) is 2. The maximum atomic E-state index is 9.49. The first-order valence-corrected chi connectivity index (χ1v) is 6.32. The van der Waals surface area contributed by atoms with Crippen LogP contribution in [0.5, 0.6) is 0 Å². The number of rotatable bonds is 2. The van der Waals surface area contributed by atoms with Crippen molar-refractivity contribution in [3.05, 3.63) is 29.3 Å². The first-order chi connectivity index (χ1) is 9.13. The Bertz CT molecular complexity index is 596. The molecule has 1 fully saturated rings. The Balaban J connectivity index is 1.88. The molecule has 1 aliphatic heterocycles. The van der Waals surface area contributed by atoms with Crippen LogP contribution in [0, 0.1) is 13.8 Å². The van der Waals surface area contributed by atoms with Gasteiger partial charge in [-0.25, -0.2) is 0 Å². The molecule has 0 saturated carbocycles. The zero-order valence-electron chi connectivity index (χ0n) is 10.9. The minimum absolute atomic E-state index is 0.0676. The molecule has 0 aromatic carbocycles. The Morgan fingerprint density at radius 3 is 2.95 bits per heavy atom. The second-order valence-corrected chi connectivity index (χ2v) is 4.98. The van der Waals surface area contributed by atoms with Crippen molar-refractivity contribution in [2.24, 2.45) is 0 Å². The predicted octanol–water partition coefficient (Wildman–Crippen LogP) is 1.14. The number of aliphatic hydroxyl groups excluding tert-OH is 1. The van der Waals surface area contributed by atoms with Crippen molar-refractivity contribution in [3.63, 3.8) is 0 Å². The molecule has 2 atom stereocenters. The van der Waals surface area contributed by atoms with E-state index in [4.69, 9.17) is 4.52 Å². The summed E-state index contributed by atoms with van der Waals surface area (Å²) in [4.78, 5) is 8.72. The van der Waals surface area contributed by atoms with E-state index in [0.29, 0.717) is 24.7 Å². The quantitative estimate of drug-likeness (QED) is 0.842. The van der Waals surface area contributed by atoms with Gasteiger partial charge in [0.25, 0.3) is 0 Å². The number of nitrogens with one attached hydrogen (secondary N) is 1. The van der Waals surface area contributed by atoms with E-state index in [1.54, 1.807) is 6.20 Å². The zero-order chi connectivity index (χ0) is 13.4. The van der Waals surface area contributed by atoms with E-state index in [9.17, 15) is 5.11 Å². The molecule has 0 amide bonds. The van der Waals surface area contributed by atoms with Crippen LogP contribution in [0.2, 0.25) is 0 Å². The van der Waals surface area contributed by atoms with Crippen molar-refractivity contribution in [2.45, 2.75) is 32.4 Å². The van der Waals surface area contributed by atoms with Gasteiger partial charge in [0.05, 0.1) is 12.1 Å². The van der Waals surface area contributed by atoms with Gasteiger partial charge in [0.2, 0.25) is 11.7 Å². The van der Waals surface area contributed by atoms with Gasteiger partial charge in [0, 0.05) is 12.7 Å². The third-order valence-electron chi connectivity index (χ3n) is 3.27. The van der Waals surface area contributed by atoms with Gasteiger partial charge in [-0.2, -0.15) is 4.98 Å². The first-order valence-electron chi connectivity index (χ1n) is 6.32. The van der Waals surface area contributed by atoms with Crippen molar-refractivity contribution in [3.8, 4) is 11.5 Å². The number of hydrogen-bond acceptors (Lipinski definition) is 6. The lowest BCUT2D eigenvalue weighted by atomic mass is 10.1. The lowest BCUT2D eigenvalue weighted by Crippen LogP contribution is -2.15. The normalized spacial score (nSPS) is 22.9. The molecule has 0 radical (unpaired) electrons. The van der Waals surface area contributed by atoms with E-state index in [2.05, 4.69) is 20.4 Å². The van der Waals surface area contributed by atoms with Crippen LogP contribution in [0.4, 0.5) is 0 Å². The monoisotopic (exact) mass is 260 g/mol. The van der Waals surface area contributed by atoms with Crippen molar-refractivity contribution >= 4 is 0 Å². The van der Waals surface area contributed by atoms with Crippen LogP contribution >= 0.6 is 0 Å². The van der Waals surface area contributed by atoms with Crippen molar-refractivity contribution in [2.75, 3.05) is 6.54 Å². The number of pyridine rings is 1. The Hall–Kier alpha value is -1.79. The van der Waals surface area contributed by atoms with Gasteiger partial charge >= 0.3 is 0 Å². The number of nitrogens with zero attached hydrogens (tertiary/aromatic N) is 3. The van der Waals surface area contributed by atoms with E-state index in [1.165, 1.54) is 0 Å². The Morgan fingerprint density at radius 2 is 2.26 bits per heavy atom. The number of aromatic nitrogens is 3. The molecule has 0 unspecified atom stereocenters. The first kappa shape index (κ1) is 12.3. The summed E-state index contributed by atoms with van der Waals surface area (Å²) in [6.07, 6.45) is 2.04. The summed E-state index contributed by atoms with van der Waals surface area (Å²) in [5.74, 6) is 1.00. The highest BCUT2D eigenvalue weighted by Gasteiger charge is 2.28. The predicted molar refractivity (Wildman–Crippen MR) is 68.4 cm³/mol. The van der Waals surface area contributed by atoms with Gasteiger partial charge in [-0.05, 0) is 31.4 Å². The fourth-order valence-corrected chi connectivity index (χ4v) is 2.33. The lowest BCUT2D eigenvalue weighted by molar-refractivity contribution is 0.191. The molecule has 19 heavy (non-hydrogen) atoms. The van der Waals surface area contributed by atoms with Crippen LogP contribution in [-0.4, -0.2) is 32.9 Å². The molecular weight excluding hydrogens is 244 g/mol. The molecule has 1 saturated heterocycles. The third kappa shape index (κ3) is 2.36. The highest BCUT2D eigenvalue weighted by atomic mass is 16.5. The molecule has 2 N–H and O–H groups in total. The minimum Gasteiger partial charge on any atom is -0.392 e. The molecule has 6 nitrogen and oxygen atoms in total. The fraction of sp³-hybridized carbons (Fsp3) is 0.462. The second-order valence-electron chi connectivity index (χ2n) is 4.98. The Labute approximate surface area is 110 Å². The standard InChI is InChI=1S/C13H16N4O2/c1-7-3-8(2)11(15-5-7)12-16-13(19-17-12)10-4-9(18)6-14-10/h3,5,9-10,14,18H,4,6H2,1-2H3/t9-,10+/m0/s1. The van der Waals surface area contributed by atoms with E-state index in [-0.39, 0.29) is 12.1 Å². The van der Waals surface area contributed by atoms with Gasteiger partial charge in [-0.3, -0.25) is 4.98 Å². The minimum atomic E-state index is -0.348. The second kappa shape index (κ2) is 4.71. The Morgan fingerprint density at radius 1 is 1.42 bits per heavy atom. The molecule has 0 aliphatic carbocycles. The van der Waals surface area contributed by atoms with Gasteiger partial charge < -0.3 is 14.9 Å². The molecule has 100 valence electrons.